The van der Waals surface area contributed by atoms with Gasteiger partial charge in [-0.1, -0.05) is 24.3 Å². The first kappa shape index (κ1) is 12.5. The molecule has 4 nitrogen and oxygen atoms in total. The highest BCUT2D eigenvalue weighted by Gasteiger charge is 2.06. The fraction of sp³-hybridized carbons (Fsp3) is 0.214. The number of rotatable bonds is 4. The van der Waals surface area contributed by atoms with E-state index in [2.05, 4.69) is 4.89 Å². The fourth-order valence-electron chi connectivity index (χ4n) is 1.92. The molecule has 18 heavy (non-hydrogen) atoms. The SMILES string of the molecule is CC(Cc1ccc2cc(C(=O)O)ccc2c1)OO. The minimum Gasteiger partial charge on any atom is -0.478 e. The molecule has 0 aromatic heterocycles. The van der Waals surface area contributed by atoms with Crippen molar-refractivity contribution in [3.05, 3.63) is 47.5 Å². The van der Waals surface area contributed by atoms with Gasteiger partial charge in [0, 0.05) is 6.42 Å². The third-order valence-electron chi connectivity index (χ3n) is 2.85. The second kappa shape index (κ2) is 5.16. The Labute approximate surface area is 104 Å². The molecular formula is C14H14O4. The van der Waals surface area contributed by atoms with Crippen molar-refractivity contribution in [1.29, 1.82) is 0 Å². The molecule has 1 unspecified atom stereocenters. The van der Waals surface area contributed by atoms with Crippen LogP contribution >= 0.6 is 0 Å². The molecule has 0 bridgehead atoms. The minimum atomic E-state index is -0.928. The van der Waals surface area contributed by atoms with Crippen LogP contribution in [0.1, 0.15) is 22.8 Å². The zero-order chi connectivity index (χ0) is 13.1. The van der Waals surface area contributed by atoms with Crippen molar-refractivity contribution in [3.63, 3.8) is 0 Å². The van der Waals surface area contributed by atoms with Crippen LogP contribution in [0.15, 0.2) is 36.4 Å². The smallest absolute Gasteiger partial charge is 0.335 e. The molecule has 2 rings (SSSR count). The standard InChI is InChI=1S/C14H14O4/c1-9(18-17)6-10-2-3-12-8-13(14(15)16)5-4-11(12)7-10/h2-5,7-9,17H,6H2,1H3,(H,15,16). The van der Waals surface area contributed by atoms with Gasteiger partial charge in [0.15, 0.2) is 0 Å². The van der Waals surface area contributed by atoms with Gasteiger partial charge in [0.2, 0.25) is 0 Å². The van der Waals surface area contributed by atoms with Crippen molar-refractivity contribution in [2.24, 2.45) is 0 Å². The molecule has 0 heterocycles. The minimum absolute atomic E-state index is 0.263. The van der Waals surface area contributed by atoms with E-state index >= 15 is 0 Å². The molecule has 0 amide bonds. The van der Waals surface area contributed by atoms with Gasteiger partial charge in [-0.25, -0.2) is 9.68 Å². The number of fused-ring (bicyclic) bond motifs is 1. The number of hydrogen-bond donors (Lipinski definition) is 2. The van der Waals surface area contributed by atoms with Crippen molar-refractivity contribution in [2.45, 2.75) is 19.4 Å². The number of aromatic carboxylic acids is 1. The predicted molar refractivity (Wildman–Crippen MR) is 67.8 cm³/mol. The highest BCUT2D eigenvalue weighted by atomic mass is 17.1. The van der Waals surface area contributed by atoms with Crippen molar-refractivity contribution in [2.75, 3.05) is 0 Å². The van der Waals surface area contributed by atoms with Crippen LogP contribution in [-0.4, -0.2) is 22.4 Å². The summed E-state index contributed by atoms with van der Waals surface area (Å²) >= 11 is 0. The molecule has 1 atom stereocenters. The molecule has 0 radical (unpaired) electrons. The maximum absolute atomic E-state index is 10.9. The number of carboxylic acids is 1. The molecule has 2 aromatic rings. The third-order valence-corrected chi connectivity index (χ3v) is 2.85. The highest BCUT2D eigenvalue weighted by molar-refractivity contribution is 5.94. The van der Waals surface area contributed by atoms with Gasteiger partial charge in [-0.3, -0.25) is 5.26 Å². The zero-order valence-corrected chi connectivity index (χ0v) is 9.96. The topological polar surface area (TPSA) is 66.8 Å². The Hall–Kier alpha value is -1.91. The van der Waals surface area contributed by atoms with Gasteiger partial charge in [-0.2, -0.15) is 0 Å². The average Bonchev–Trinajstić information content (AvgIpc) is 2.37. The van der Waals surface area contributed by atoms with Gasteiger partial charge in [0.25, 0.3) is 0 Å². The summed E-state index contributed by atoms with van der Waals surface area (Å²) < 4.78 is 0. The van der Waals surface area contributed by atoms with E-state index in [4.69, 9.17) is 10.4 Å². The lowest BCUT2D eigenvalue weighted by Gasteiger charge is -2.08. The zero-order valence-electron chi connectivity index (χ0n) is 9.96. The van der Waals surface area contributed by atoms with Crippen LogP contribution in [0.25, 0.3) is 10.8 Å². The van der Waals surface area contributed by atoms with E-state index in [1.807, 2.05) is 18.2 Å². The van der Waals surface area contributed by atoms with Crippen LogP contribution in [0.2, 0.25) is 0 Å². The van der Waals surface area contributed by atoms with Crippen LogP contribution in [0.4, 0.5) is 0 Å². The third kappa shape index (κ3) is 2.67. The van der Waals surface area contributed by atoms with Gasteiger partial charge in [-0.05, 0) is 35.4 Å². The first-order valence-corrected chi connectivity index (χ1v) is 5.66. The summed E-state index contributed by atoms with van der Waals surface area (Å²) in [4.78, 5) is 15.1. The largest absolute Gasteiger partial charge is 0.478 e. The van der Waals surface area contributed by atoms with Crippen LogP contribution < -0.4 is 0 Å². The van der Waals surface area contributed by atoms with E-state index in [1.165, 1.54) is 0 Å². The van der Waals surface area contributed by atoms with Gasteiger partial charge < -0.3 is 5.11 Å². The second-order valence-corrected chi connectivity index (χ2v) is 4.32. The average molecular weight is 246 g/mol. The lowest BCUT2D eigenvalue weighted by Crippen LogP contribution is -2.08. The summed E-state index contributed by atoms with van der Waals surface area (Å²) in [6.07, 6.45) is 0.341. The Kier molecular flexibility index (Phi) is 3.60. The molecule has 0 aliphatic heterocycles. The van der Waals surface area contributed by atoms with Crippen molar-refractivity contribution < 1.29 is 20.0 Å². The summed E-state index contributed by atoms with van der Waals surface area (Å²) in [5.41, 5.74) is 1.31. The molecule has 0 spiro atoms. The molecule has 0 saturated carbocycles. The van der Waals surface area contributed by atoms with E-state index in [9.17, 15) is 4.79 Å². The Balaban J connectivity index is 2.35. The number of carboxylic acid groups (broad SMARTS) is 1. The molecule has 0 aliphatic carbocycles. The highest BCUT2D eigenvalue weighted by Crippen LogP contribution is 2.19. The summed E-state index contributed by atoms with van der Waals surface area (Å²) in [5.74, 6) is -0.928. The van der Waals surface area contributed by atoms with Crippen LogP contribution in [-0.2, 0) is 11.3 Å². The number of benzene rings is 2. The van der Waals surface area contributed by atoms with Gasteiger partial charge >= 0.3 is 5.97 Å². The van der Waals surface area contributed by atoms with Crippen LogP contribution in [0, 0.1) is 0 Å². The maximum atomic E-state index is 10.9. The Morgan fingerprint density at radius 3 is 2.56 bits per heavy atom. The van der Waals surface area contributed by atoms with Crippen molar-refractivity contribution >= 4 is 16.7 Å². The normalized spacial score (nSPS) is 12.6. The lowest BCUT2D eigenvalue weighted by molar-refractivity contribution is -0.273. The lowest BCUT2D eigenvalue weighted by atomic mass is 10.0. The summed E-state index contributed by atoms with van der Waals surface area (Å²) in [5, 5.41) is 19.3. The molecular weight excluding hydrogens is 232 g/mol. The van der Waals surface area contributed by atoms with Crippen LogP contribution in [0.5, 0.6) is 0 Å². The quantitative estimate of drug-likeness (QED) is 0.643. The second-order valence-electron chi connectivity index (χ2n) is 4.32. The van der Waals surface area contributed by atoms with E-state index in [0.29, 0.717) is 6.42 Å². The van der Waals surface area contributed by atoms with Gasteiger partial charge in [-0.15, -0.1) is 0 Å². The van der Waals surface area contributed by atoms with E-state index in [0.717, 1.165) is 16.3 Å². The van der Waals surface area contributed by atoms with Gasteiger partial charge in [0.05, 0.1) is 11.7 Å². The van der Waals surface area contributed by atoms with E-state index in [1.54, 1.807) is 25.1 Å². The summed E-state index contributed by atoms with van der Waals surface area (Å²) in [6.45, 7) is 1.78. The molecule has 4 heteroatoms. The summed E-state index contributed by atoms with van der Waals surface area (Å²) in [7, 11) is 0. The predicted octanol–water partition coefficient (Wildman–Crippen LogP) is 2.96. The first-order chi connectivity index (χ1) is 8.60. The van der Waals surface area contributed by atoms with E-state index < -0.39 is 5.97 Å². The van der Waals surface area contributed by atoms with Gasteiger partial charge in [0.1, 0.15) is 0 Å². The molecule has 2 N–H and O–H groups in total. The Bertz CT molecular complexity index is 577. The fourth-order valence-corrected chi connectivity index (χ4v) is 1.92. The molecule has 0 saturated heterocycles. The summed E-state index contributed by atoms with van der Waals surface area (Å²) in [6, 6.07) is 10.8. The first-order valence-electron chi connectivity index (χ1n) is 5.66. The molecule has 94 valence electrons. The number of hydrogen-bond acceptors (Lipinski definition) is 3. The Morgan fingerprint density at radius 1 is 1.22 bits per heavy atom. The molecule has 0 fully saturated rings. The van der Waals surface area contributed by atoms with E-state index in [-0.39, 0.29) is 11.7 Å². The maximum Gasteiger partial charge on any atom is 0.335 e. The monoisotopic (exact) mass is 246 g/mol. The molecule has 0 aliphatic rings. The number of carbonyl (C=O) groups is 1. The van der Waals surface area contributed by atoms with Crippen LogP contribution in [0.3, 0.4) is 0 Å². The molecule has 2 aromatic carbocycles. The van der Waals surface area contributed by atoms with Crippen molar-refractivity contribution in [3.8, 4) is 0 Å². The Morgan fingerprint density at radius 2 is 1.89 bits per heavy atom. The van der Waals surface area contributed by atoms with Crippen molar-refractivity contribution in [1.82, 2.24) is 0 Å².